The van der Waals surface area contributed by atoms with Gasteiger partial charge in [-0.05, 0) is 47.5 Å². The number of hydrogen-bond acceptors (Lipinski definition) is 5. The number of nitrogens with two attached hydrogens (primary N) is 1. The highest BCUT2D eigenvalue weighted by Gasteiger charge is 2.08. The number of ether oxygens (including phenoxy) is 2. The van der Waals surface area contributed by atoms with Crippen molar-refractivity contribution >= 4 is 41.5 Å². The van der Waals surface area contributed by atoms with Crippen molar-refractivity contribution < 1.29 is 18.7 Å². The van der Waals surface area contributed by atoms with E-state index in [4.69, 9.17) is 19.6 Å². The Kier molecular flexibility index (Phi) is 9.19. The molecule has 1 aromatic heterocycles. The quantitative estimate of drug-likeness (QED) is 0.230. The zero-order valence-electron chi connectivity index (χ0n) is 17.3. The number of benzene rings is 2. The number of nitrogens with zero attached hydrogens (tertiary/aromatic N) is 1. The lowest BCUT2D eigenvalue weighted by Crippen LogP contribution is -2.31. The van der Waals surface area contributed by atoms with Crippen molar-refractivity contribution in [1.82, 2.24) is 5.32 Å². The summed E-state index contributed by atoms with van der Waals surface area (Å²) in [6, 6.07) is 16.3. The molecule has 1 amide bonds. The van der Waals surface area contributed by atoms with E-state index in [0.717, 1.165) is 11.1 Å². The van der Waals surface area contributed by atoms with Gasteiger partial charge in [0.25, 0.3) is 5.91 Å². The van der Waals surface area contributed by atoms with Gasteiger partial charge < -0.3 is 30.3 Å². The molecule has 0 saturated carbocycles. The minimum atomic E-state index is -0.294. The summed E-state index contributed by atoms with van der Waals surface area (Å²) in [5.74, 6) is 1.62. The molecule has 0 atom stereocenters. The topological polar surface area (TPSA) is 111 Å². The fourth-order valence-corrected chi connectivity index (χ4v) is 2.71. The number of guanidine groups is 1. The zero-order valence-corrected chi connectivity index (χ0v) is 19.6. The molecule has 31 heavy (non-hydrogen) atoms. The molecule has 0 saturated heterocycles. The molecule has 0 fully saturated rings. The lowest BCUT2D eigenvalue weighted by atomic mass is 10.2. The van der Waals surface area contributed by atoms with E-state index in [1.54, 1.807) is 26.4 Å². The minimum absolute atomic E-state index is 0. The van der Waals surface area contributed by atoms with Crippen molar-refractivity contribution in [3.63, 3.8) is 0 Å². The van der Waals surface area contributed by atoms with Gasteiger partial charge in [-0.25, -0.2) is 4.99 Å². The minimum Gasteiger partial charge on any atom is -0.493 e. The van der Waals surface area contributed by atoms with E-state index in [0.29, 0.717) is 36.2 Å². The molecule has 0 radical (unpaired) electrons. The third kappa shape index (κ3) is 6.92. The van der Waals surface area contributed by atoms with Crippen LogP contribution in [0.4, 0.5) is 5.69 Å². The smallest absolute Gasteiger partial charge is 0.291 e. The largest absolute Gasteiger partial charge is 0.493 e. The molecular weight excluding hydrogens is 511 g/mol. The second-order valence-electron chi connectivity index (χ2n) is 6.37. The lowest BCUT2D eigenvalue weighted by Gasteiger charge is -2.09. The molecular formula is C22H25IN4O4. The van der Waals surface area contributed by atoms with Gasteiger partial charge in [-0.1, -0.05) is 18.2 Å². The van der Waals surface area contributed by atoms with E-state index in [1.807, 2.05) is 42.5 Å². The molecule has 0 aliphatic rings. The summed E-state index contributed by atoms with van der Waals surface area (Å²) < 4.78 is 15.6. The first-order chi connectivity index (χ1) is 14.6. The maximum atomic E-state index is 12.0. The van der Waals surface area contributed by atoms with Gasteiger partial charge in [-0.15, -0.1) is 24.0 Å². The summed E-state index contributed by atoms with van der Waals surface area (Å²) in [5.41, 5.74) is 8.59. The van der Waals surface area contributed by atoms with Crippen molar-refractivity contribution in [2.45, 2.75) is 13.1 Å². The molecule has 0 bridgehead atoms. The van der Waals surface area contributed by atoms with Gasteiger partial charge in [0.2, 0.25) is 0 Å². The van der Waals surface area contributed by atoms with Crippen LogP contribution in [0, 0.1) is 0 Å². The Morgan fingerprint density at radius 3 is 2.39 bits per heavy atom. The highest BCUT2D eigenvalue weighted by atomic mass is 127. The van der Waals surface area contributed by atoms with E-state index in [2.05, 4.69) is 15.6 Å². The Balaban J connectivity index is 0.00000341. The van der Waals surface area contributed by atoms with Crippen molar-refractivity contribution in [3.05, 3.63) is 77.7 Å². The number of aliphatic imine (C=N–C) groups is 1. The number of nitrogens with one attached hydrogen (secondary N) is 2. The standard InChI is InChI=1S/C22H24N4O4.HI/c1-28-18-10-7-16(12-20(18)29-2)14-25-22(23)24-13-15-5-8-17(9-6-15)26-21(27)19-4-3-11-30-19;/h3-12H,13-14H2,1-2H3,(H,26,27)(H3,23,24,25);1H. The number of anilines is 1. The highest BCUT2D eigenvalue weighted by molar-refractivity contribution is 14.0. The van der Waals surface area contributed by atoms with Gasteiger partial charge >= 0.3 is 0 Å². The fraction of sp³-hybridized carbons (Fsp3) is 0.182. The average molecular weight is 536 g/mol. The van der Waals surface area contributed by atoms with Gasteiger partial charge in [0.1, 0.15) is 0 Å². The monoisotopic (exact) mass is 536 g/mol. The van der Waals surface area contributed by atoms with E-state index < -0.39 is 0 Å². The van der Waals surface area contributed by atoms with Crippen LogP contribution in [0.3, 0.4) is 0 Å². The Bertz CT molecular complexity index is 1000. The molecule has 164 valence electrons. The summed E-state index contributed by atoms with van der Waals surface area (Å²) in [6.07, 6.45) is 1.46. The van der Waals surface area contributed by atoms with E-state index in [9.17, 15) is 4.79 Å². The van der Waals surface area contributed by atoms with Crippen LogP contribution in [-0.4, -0.2) is 26.1 Å². The number of halogens is 1. The summed E-state index contributed by atoms with van der Waals surface area (Å²) in [5, 5.41) is 5.84. The summed E-state index contributed by atoms with van der Waals surface area (Å²) in [4.78, 5) is 16.3. The van der Waals surface area contributed by atoms with Gasteiger partial charge in [-0.3, -0.25) is 4.79 Å². The van der Waals surface area contributed by atoms with Crippen LogP contribution in [-0.2, 0) is 13.1 Å². The molecule has 0 aliphatic heterocycles. The van der Waals surface area contributed by atoms with E-state index in [-0.39, 0.29) is 35.6 Å². The van der Waals surface area contributed by atoms with Crippen LogP contribution in [0.1, 0.15) is 21.7 Å². The zero-order chi connectivity index (χ0) is 21.3. The summed E-state index contributed by atoms with van der Waals surface area (Å²) in [6.45, 7) is 0.921. The second kappa shape index (κ2) is 11.8. The van der Waals surface area contributed by atoms with Gasteiger partial charge in [0.15, 0.2) is 23.2 Å². The lowest BCUT2D eigenvalue weighted by molar-refractivity contribution is 0.0996. The molecule has 9 heteroatoms. The molecule has 8 nitrogen and oxygen atoms in total. The number of methoxy groups -OCH3 is 2. The Morgan fingerprint density at radius 1 is 1.03 bits per heavy atom. The van der Waals surface area contributed by atoms with Gasteiger partial charge in [0.05, 0.1) is 27.0 Å². The molecule has 1 heterocycles. The number of amides is 1. The maximum absolute atomic E-state index is 12.0. The molecule has 2 aromatic carbocycles. The number of carbonyl (C=O) groups excluding carboxylic acids is 1. The average Bonchev–Trinajstić information content (AvgIpc) is 3.32. The van der Waals surface area contributed by atoms with Crippen molar-refractivity contribution in [3.8, 4) is 11.5 Å². The molecule has 3 rings (SSSR count). The van der Waals surface area contributed by atoms with E-state index in [1.165, 1.54) is 6.26 Å². The molecule has 3 aromatic rings. The van der Waals surface area contributed by atoms with Crippen LogP contribution >= 0.6 is 24.0 Å². The van der Waals surface area contributed by atoms with Crippen molar-refractivity contribution in [2.75, 3.05) is 19.5 Å². The number of furan rings is 1. The van der Waals surface area contributed by atoms with Crippen molar-refractivity contribution in [2.24, 2.45) is 10.7 Å². The van der Waals surface area contributed by atoms with Gasteiger partial charge in [-0.2, -0.15) is 0 Å². The number of carbonyl (C=O) groups is 1. The molecule has 0 spiro atoms. The van der Waals surface area contributed by atoms with Crippen LogP contribution < -0.4 is 25.8 Å². The third-order valence-electron chi connectivity index (χ3n) is 4.31. The summed E-state index contributed by atoms with van der Waals surface area (Å²) >= 11 is 0. The highest BCUT2D eigenvalue weighted by Crippen LogP contribution is 2.27. The molecule has 4 N–H and O–H groups in total. The SMILES string of the molecule is COc1ccc(CN=C(N)NCc2ccc(NC(=O)c3ccco3)cc2)cc1OC.I. The maximum Gasteiger partial charge on any atom is 0.291 e. The van der Waals surface area contributed by atoms with Crippen LogP contribution in [0.25, 0.3) is 0 Å². The second-order valence-corrected chi connectivity index (χ2v) is 6.37. The first kappa shape index (κ1) is 24.1. The third-order valence-corrected chi connectivity index (χ3v) is 4.31. The fourth-order valence-electron chi connectivity index (χ4n) is 2.71. The Morgan fingerprint density at radius 2 is 1.74 bits per heavy atom. The molecule has 0 aliphatic carbocycles. The summed E-state index contributed by atoms with van der Waals surface area (Å²) in [7, 11) is 3.19. The van der Waals surface area contributed by atoms with Crippen LogP contribution in [0.15, 0.2) is 70.3 Å². The van der Waals surface area contributed by atoms with E-state index >= 15 is 0 Å². The normalized spacial score (nSPS) is 10.7. The molecule has 0 unspecified atom stereocenters. The van der Waals surface area contributed by atoms with Gasteiger partial charge in [0, 0.05) is 12.2 Å². The number of rotatable bonds is 8. The number of hydrogen-bond donors (Lipinski definition) is 3. The first-order valence-electron chi connectivity index (χ1n) is 9.27. The Hall–Kier alpha value is -3.21. The predicted molar refractivity (Wildman–Crippen MR) is 130 cm³/mol. The Labute approximate surface area is 197 Å². The van der Waals surface area contributed by atoms with Crippen LogP contribution in [0.2, 0.25) is 0 Å². The first-order valence-corrected chi connectivity index (χ1v) is 9.27. The predicted octanol–water partition coefficient (Wildman–Crippen LogP) is 3.77. The van der Waals surface area contributed by atoms with Crippen LogP contribution in [0.5, 0.6) is 11.5 Å². The van der Waals surface area contributed by atoms with Crippen molar-refractivity contribution in [1.29, 1.82) is 0 Å².